The Labute approximate surface area is 232 Å². The second kappa shape index (κ2) is 9.61. The smallest absolute Gasteiger partial charge is 0.270 e. The monoisotopic (exact) mass is 538 g/mol. The quantitative estimate of drug-likeness (QED) is 0.129. The highest BCUT2D eigenvalue weighted by atomic mass is 16.6. The van der Waals surface area contributed by atoms with E-state index in [1.54, 1.807) is 12.1 Å². The Hall–Kier alpha value is -3.94. The second-order valence-electron chi connectivity index (χ2n) is 11.8. The molecule has 0 radical (unpaired) electrons. The van der Waals surface area contributed by atoms with Crippen LogP contribution in [-0.2, 0) is 38.8 Å². The molecule has 0 amide bonds. The SMILES string of the molecule is Nc1cc2c3c(c1)c1c(n3CCC2)C(=O)CCCC1.O=C1CCCCc2c1n1c3c(cc([N+](=O)[O-])cc23)CCC1. The average molecular weight is 539 g/mol. The number of nitrogen functional groups attached to an aromatic ring is 1. The molecule has 2 aromatic carbocycles. The average Bonchev–Trinajstić information content (AvgIpc) is 3.24. The summed E-state index contributed by atoms with van der Waals surface area (Å²) in [6, 6.07) is 7.50. The van der Waals surface area contributed by atoms with E-state index in [9.17, 15) is 19.7 Å². The molecule has 4 aliphatic rings. The van der Waals surface area contributed by atoms with Gasteiger partial charge in [-0.05, 0) is 98.6 Å². The van der Waals surface area contributed by atoms with Crippen molar-refractivity contribution in [1.29, 1.82) is 0 Å². The summed E-state index contributed by atoms with van der Waals surface area (Å²) >= 11 is 0. The summed E-state index contributed by atoms with van der Waals surface area (Å²) in [5, 5.41) is 13.3. The Morgan fingerprint density at radius 3 is 1.70 bits per heavy atom. The van der Waals surface area contributed by atoms with Gasteiger partial charge >= 0.3 is 0 Å². The van der Waals surface area contributed by atoms with Gasteiger partial charge in [-0.25, -0.2) is 0 Å². The molecule has 0 unspecified atom stereocenters. The molecule has 0 saturated carbocycles. The molecule has 2 aliphatic heterocycles. The van der Waals surface area contributed by atoms with Gasteiger partial charge in [0.1, 0.15) is 0 Å². The molecule has 0 bridgehead atoms. The lowest BCUT2D eigenvalue weighted by atomic mass is 10.00. The number of benzene rings is 2. The largest absolute Gasteiger partial charge is 0.399 e. The van der Waals surface area contributed by atoms with Crippen molar-refractivity contribution in [3.63, 3.8) is 0 Å². The van der Waals surface area contributed by atoms with E-state index in [2.05, 4.69) is 21.3 Å². The van der Waals surface area contributed by atoms with Crippen molar-refractivity contribution in [3.05, 3.63) is 68.0 Å². The van der Waals surface area contributed by atoms with E-state index in [4.69, 9.17) is 5.73 Å². The lowest BCUT2D eigenvalue weighted by Gasteiger charge is -2.18. The molecule has 2 aromatic heterocycles. The number of non-ortho nitro benzene ring substituents is 1. The molecule has 206 valence electrons. The first-order chi connectivity index (χ1) is 19.4. The zero-order valence-electron chi connectivity index (χ0n) is 22.8. The Bertz CT molecular complexity index is 1740. The number of carbonyl (C=O) groups is 2. The molecule has 0 atom stereocenters. The van der Waals surface area contributed by atoms with Crippen LogP contribution in [0.2, 0.25) is 0 Å². The zero-order chi connectivity index (χ0) is 27.5. The number of aromatic nitrogens is 2. The van der Waals surface area contributed by atoms with Gasteiger partial charge in [0.15, 0.2) is 11.6 Å². The summed E-state index contributed by atoms with van der Waals surface area (Å²) in [7, 11) is 0. The summed E-state index contributed by atoms with van der Waals surface area (Å²) < 4.78 is 4.40. The fraction of sp³-hybridized carbons (Fsp3) is 0.438. The molecule has 40 heavy (non-hydrogen) atoms. The molecule has 2 aliphatic carbocycles. The molecule has 4 heterocycles. The van der Waals surface area contributed by atoms with Crippen LogP contribution in [-0.4, -0.2) is 25.6 Å². The van der Waals surface area contributed by atoms with Crippen LogP contribution in [0.3, 0.4) is 0 Å². The number of nitro benzene ring substituents is 1. The highest BCUT2D eigenvalue weighted by Crippen LogP contribution is 2.39. The summed E-state index contributed by atoms with van der Waals surface area (Å²) in [4.78, 5) is 35.7. The van der Waals surface area contributed by atoms with Gasteiger partial charge in [-0.3, -0.25) is 19.7 Å². The number of nitrogens with two attached hydrogens (primary N) is 1. The predicted octanol–water partition coefficient (Wildman–Crippen LogP) is 6.48. The summed E-state index contributed by atoms with van der Waals surface area (Å²) in [5.41, 5.74) is 15.8. The number of Topliss-reactive ketones (excluding diaryl/α,β-unsaturated/α-hetero) is 2. The summed E-state index contributed by atoms with van der Waals surface area (Å²) in [6.07, 6.45) is 11.2. The standard InChI is InChI=1S/C16H16N2O3.C16H18N2O/c19-14-6-2-1-5-12-13-9-11(18(20)21)8-10-4-3-7-17(15(10)13)16(12)14;17-11-8-10-4-3-7-18-15(10)13(9-11)12-5-1-2-6-14(19)16(12)18/h8-9H,1-7H2;8-9H,1-7,17H2. The van der Waals surface area contributed by atoms with Crippen LogP contribution in [0.1, 0.15) is 94.6 Å². The minimum absolute atomic E-state index is 0.149. The number of carbonyl (C=O) groups excluding carboxylic acids is 2. The molecule has 8 heteroatoms. The van der Waals surface area contributed by atoms with Crippen LogP contribution in [0.15, 0.2) is 24.3 Å². The number of anilines is 1. The fourth-order valence-corrected chi connectivity index (χ4v) is 7.64. The minimum atomic E-state index is -0.327. The highest BCUT2D eigenvalue weighted by molar-refractivity contribution is 6.05. The van der Waals surface area contributed by atoms with Crippen molar-refractivity contribution < 1.29 is 14.5 Å². The number of nitro groups is 1. The van der Waals surface area contributed by atoms with Crippen LogP contribution >= 0.6 is 0 Å². The maximum Gasteiger partial charge on any atom is 0.270 e. The predicted molar refractivity (Wildman–Crippen MR) is 155 cm³/mol. The maximum atomic E-state index is 12.5. The van der Waals surface area contributed by atoms with E-state index >= 15 is 0 Å². The van der Waals surface area contributed by atoms with Gasteiger partial charge in [0.25, 0.3) is 5.69 Å². The fourth-order valence-electron chi connectivity index (χ4n) is 7.64. The van der Waals surface area contributed by atoms with Crippen LogP contribution in [0.25, 0.3) is 21.8 Å². The first-order valence-corrected chi connectivity index (χ1v) is 14.7. The third-order valence-corrected chi connectivity index (χ3v) is 9.24. The van der Waals surface area contributed by atoms with Crippen molar-refractivity contribution in [1.82, 2.24) is 9.13 Å². The Balaban J connectivity index is 0.000000133. The molecule has 8 rings (SSSR count). The van der Waals surface area contributed by atoms with Crippen LogP contribution in [0.4, 0.5) is 11.4 Å². The molecule has 2 N–H and O–H groups in total. The number of ketones is 2. The van der Waals surface area contributed by atoms with Crippen LogP contribution in [0.5, 0.6) is 0 Å². The van der Waals surface area contributed by atoms with E-state index in [0.29, 0.717) is 18.6 Å². The van der Waals surface area contributed by atoms with Crippen molar-refractivity contribution in [2.24, 2.45) is 0 Å². The number of hydrogen-bond acceptors (Lipinski definition) is 5. The van der Waals surface area contributed by atoms with Gasteiger partial charge in [0.2, 0.25) is 0 Å². The summed E-state index contributed by atoms with van der Waals surface area (Å²) in [6.45, 7) is 1.83. The van der Waals surface area contributed by atoms with Crippen molar-refractivity contribution >= 4 is 44.7 Å². The summed E-state index contributed by atoms with van der Waals surface area (Å²) in [5.74, 6) is 0.532. The van der Waals surface area contributed by atoms with E-state index in [1.807, 2.05) is 0 Å². The molecule has 4 aromatic rings. The number of aryl methyl sites for hydroxylation is 6. The second-order valence-corrected chi connectivity index (χ2v) is 11.8. The number of rotatable bonds is 1. The van der Waals surface area contributed by atoms with Gasteiger partial charge in [0.05, 0.1) is 27.3 Å². The Kier molecular flexibility index (Phi) is 6.02. The Morgan fingerprint density at radius 1 is 0.650 bits per heavy atom. The van der Waals surface area contributed by atoms with Crippen LogP contribution < -0.4 is 5.73 Å². The highest BCUT2D eigenvalue weighted by Gasteiger charge is 2.30. The third kappa shape index (κ3) is 3.87. The van der Waals surface area contributed by atoms with Gasteiger partial charge < -0.3 is 14.9 Å². The molecule has 0 saturated heterocycles. The van der Waals surface area contributed by atoms with E-state index in [-0.39, 0.29) is 16.4 Å². The molecule has 0 fully saturated rings. The third-order valence-electron chi connectivity index (χ3n) is 9.24. The minimum Gasteiger partial charge on any atom is -0.399 e. The maximum absolute atomic E-state index is 12.5. The first-order valence-electron chi connectivity index (χ1n) is 14.7. The normalized spacial score (nSPS) is 18.0. The number of nitrogens with zero attached hydrogens (tertiary/aromatic N) is 3. The Morgan fingerprint density at radius 2 is 1.15 bits per heavy atom. The van der Waals surface area contributed by atoms with Crippen molar-refractivity contribution in [2.45, 2.75) is 90.1 Å². The molecular weight excluding hydrogens is 504 g/mol. The first kappa shape index (κ1) is 25.1. The van der Waals surface area contributed by atoms with Gasteiger partial charge in [0, 0.05) is 54.5 Å². The van der Waals surface area contributed by atoms with E-state index < -0.39 is 0 Å². The van der Waals surface area contributed by atoms with Gasteiger partial charge in [-0.15, -0.1) is 0 Å². The van der Waals surface area contributed by atoms with E-state index in [0.717, 1.165) is 116 Å². The van der Waals surface area contributed by atoms with Gasteiger partial charge in [-0.2, -0.15) is 0 Å². The number of hydrogen-bond donors (Lipinski definition) is 1. The van der Waals surface area contributed by atoms with Crippen molar-refractivity contribution in [2.75, 3.05) is 5.73 Å². The van der Waals surface area contributed by atoms with E-state index in [1.165, 1.54) is 22.0 Å². The molecule has 0 spiro atoms. The zero-order valence-corrected chi connectivity index (χ0v) is 22.8. The number of fused-ring (bicyclic) bond motifs is 6. The molecule has 8 nitrogen and oxygen atoms in total. The topological polar surface area (TPSA) is 113 Å². The molecular formula is C32H34N4O4. The lowest BCUT2D eigenvalue weighted by molar-refractivity contribution is -0.384. The van der Waals surface area contributed by atoms with Crippen LogP contribution in [0, 0.1) is 10.1 Å². The van der Waals surface area contributed by atoms with Crippen molar-refractivity contribution in [3.8, 4) is 0 Å². The van der Waals surface area contributed by atoms with Gasteiger partial charge in [-0.1, -0.05) is 0 Å². The lowest BCUT2D eigenvalue weighted by Crippen LogP contribution is -2.14.